The van der Waals surface area contributed by atoms with Gasteiger partial charge in [0.15, 0.2) is 0 Å². The summed E-state index contributed by atoms with van der Waals surface area (Å²) in [5.74, 6) is 0.856. The normalized spacial score (nSPS) is 10.6. The van der Waals surface area contributed by atoms with Crippen molar-refractivity contribution < 1.29 is 0 Å². The number of imidazole rings is 1. The second-order valence-corrected chi connectivity index (χ2v) is 4.73. The molecule has 0 radical (unpaired) electrons. The molecule has 0 spiro atoms. The number of rotatable bonds is 3. The topological polar surface area (TPSA) is 94.5 Å². The van der Waals surface area contributed by atoms with Crippen molar-refractivity contribution in [2.45, 2.75) is 6.92 Å². The van der Waals surface area contributed by atoms with Gasteiger partial charge in [0.05, 0.1) is 0 Å². The smallest absolute Gasteiger partial charge is 0.241 e. The van der Waals surface area contributed by atoms with Gasteiger partial charge < -0.3 is 11.1 Å². The van der Waals surface area contributed by atoms with E-state index in [4.69, 9.17) is 17.3 Å². The minimum atomic E-state index is 0.121. The van der Waals surface area contributed by atoms with Gasteiger partial charge in [0.2, 0.25) is 17.8 Å². The molecular formula is C13H12ClN7. The summed E-state index contributed by atoms with van der Waals surface area (Å²) >= 11 is 6.09. The Labute approximate surface area is 125 Å². The van der Waals surface area contributed by atoms with Gasteiger partial charge >= 0.3 is 0 Å². The highest BCUT2D eigenvalue weighted by Gasteiger charge is 2.08. The third-order valence-corrected chi connectivity index (χ3v) is 3.30. The summed E-state index contributed by atoms with van der Waals surface area (Å²) in [4.78, 5) is 16.4. The molecule has 3 aromatic rings. The molecular weight excluding hydrogens is 290 g/mol. The first-order chi connectivity index (χ1) is 10.1. The van der Waals surface area contributed by atoms with Crippen LogP contribution < -0.4 is 11.1 Å². The summed E-state index contributed by atoms with van der Waals surface area (Å²) in [5, 5.41) is 3.76. The van der Waals surface area contributed by atoms with Crippen molar-refractivity contribution in [2.24, 2.45) is 0 Å². The standard InChI is InChI=1S/C13H12ClN7/c1-8-9(14)3-2-4-10(8)17-12-18-11(15)19-13(20-12)21-6-5-16-7-21/h2-7H,1H3,(H3,15,17,18,19,20). The van der Waals surface area contributed by atoms with Crippen LogP contribution in [0.15, 0.2) is 36.9 Å². The molecule has 2 heterocycles. The largest absolute Gasteiger partial charge is 0.368 e. The van der Waals surface area contributed by atoms with E-state index in [1.165, 1.54) is 0 Å². The lowest BCUT2D eigenvalue weighted by atomic mass is 10.2. The Balaban J connectivity index is 1.98. The van der Waals surface area contributed by atoms with Crippen molar-refractivity contribution >= 4 is 29.2 Å². The number of halogens is 1. The van der Waals surface area contributed by atoms with Gasteiger partial charge in [-0.05, 0) is 24.6 Å². The zero-order valence-electron chi connectivity index (χ0n) is 11.2. The van der Waals surface area contributed by atoms with Crippen molar-refractivity contribution in [1.29, 1.82) is 0 Å². The molecule has 0 unspecified atom stereocenters. The molecule has 3 N–H and O–H groups in total. The van der Waals surface area contributed by atoms with E-state index in [-0.39, 0.29) is 5.95 Å². The highest BCUT2D eigenvalue weighted by Crippen LogP contribution is 2.25. The predicted molar refractivity (Wildman–Crippen MR) is 80.8 cm³/mol. The monoisotopic (exact) mass is 301 g/mol. The van der Waals surface area contributed by atoms with Gasteiger partial charge in [-0.15, -0.1) is 0 Å². The molecule has 0 atom stereocenters. The van der Waals surface area contributed by atoms with Gasteiger partial charge in [-0.1, -0.05) is 17.7 Å². The van der Waals surface area contributed by atoms with E-state index in [1.807, 2.05) is 25.1 Å². The van der Waals surface area contributed by atoms with Crippen LogP contribution in [0.25, 0.3) is 5.95 Å². The Bertz CT molecular complexity index is 770. The molecule has 2 aromatic heterocycles. The van der Waals surface area contributed by atoms with Crippen LogP contribution in [0.5, 0.6) is 0 Å². The molecule has 21 heavy (non-hydrogen) atoms. The zero-order valence-corrected chi connectivity index (χ0v) is 11.9. The molecule has 0 saturated carbocycles. The van der Waals surface area contributed by atoms with Crippen molar-refractivity contribution in [3.63, 3.8) is 0 Å². The molecule has 7 nitrogen and oxygen atoms in total. The molecule has 0 aliphatic rings. The fourth-order valence-electron chi connectivity index (χ4n) is 1.79. The van der Waals surface area contributed by atoms with E-state index >= 15 is 0 Å². The van der Waals surface area contributed by atoms with Crippen molar-refractivity contribution in [1.82, 2.24) is 24.5 Å². The quantitative estimate of drug-likeness (QED) is 0.771. The number of nitrogens with zero attached hydrogens (tertiary/aromatic N) is 5. The average Bonchev–Trinajstić information content (AvgIpc) is 2.97. The van der Waals surface area contributed by atoms with Crippen LogP contribution >= 0.6 is 11.6 Å². The van der Waals surface area contributed by atoms with E-state index < -0.39 is 0 Å². The van der Waals surface area contributed by atoms with Crippen LogP contribution in [-0.4, -0.2) is 24.5 Å². The first kappa shape index (κ1) is 13.3. The Kier molecular flexibility index (Phi) is 3.41. The maximum atomic E-state index is 6.09. The summed E-state index contributed by atoms with van der Waals surface area (Å²) < 4.78 is 1.65. The predicted octanol–water partition coefficient (Wildman–Crippen LogP) is 2.34. The van der Waals surface area contributed by atoms with Gasteiger partial charge in [0.25, 0.3) is 0 Å². The van der Waals surface area contributed by atoms with Gasteiger partial charge in [-0.25, -0.2) is 4.98 Å². The van der Waals surface area contributed by atoms with Crippen LogP contribution in [0.4, 0.5) is 17.6 Å². The van der Waals surface area contributed by atoms with Gasteiger partial charge in [0.1, 0.15) is 6.33 Å². The number of benzene rings is 1. The van der Waals surface area contributed by atoms with Gasteiger partial charge in [0, 0.05) is 23.1 Å². The van der Waals surface area contributed by atoms with Crippen LogP contribution in [0, 0.1) is 6.92 Å². The van der Waals surface area contributed by atoms with Crippen molar-refractivity contribution in [3.05, 3.63) is 47.5 Å². The lowest BCUT2D eigenvalue weighted by molar-refractivity contribution is 0.906. The zero-order chi connectivity index (χ0) is 14.8. The maximum Gasteiger partial charge on any atom is 0.241 e. The van der Waals surface area contributed by atoms with Crippen LogP contribution in [-0.2, 0) is 0 Å². The minimum Gasteiger partial charge on any atom is -0.368 e. The third-order valence-electron chi connectivity index (χ3n) is 2.89. The number of nitrogens with one attached hydrogen (secondary N) is 1. The van der Waals surface area contributed by atoms with E-state index in [9.17, 15) is 0 Å². The Morgan fingerprint density at radius 1 is 1.24 bits per heavy atom. The molecule has 0 aliphatic carbocycles. The Morgan fingerprint density at radius 3 is 2.86 bits per heavy atom. The number of aromatic nitrogens is 5. The van der Waals surface area contributed by atoms with Crippen LogP contribution in [0.2, 0.25) is 5.02 Å². The molecule has 3 rings (SSSR count). The summed E-state index contributed by atoms with van der Waals surface area (Å²) in [6.45, 7) is 1.91. The average molecular weight is 302 g/mol. The highest BCUT2D eigenvalue weighted by atomic mass is 35.5. The van der Waals surface area contributed by atoms with Crippen LogP contribution in [0.3, 0.4) is 0 Å². The number of hydrogen-bond acceptors (Lipinski definition) is 6. The lowest BCUT2D eigenvalue weighted by Crippen LogP contribution is -2.08. The third kappa shape index (κ3) is 2.77. The SMILES string of the molecule is Cc1c(Cl)cccc1Nc1nc(N)nc(-n2ccnc2)n1. The maximum absolute atomic E-state index is 6.09. The molecule has 1 aromatic carbocycles. The second-order valence-electron chi connectivity index (χ2n) is 4.32. The summed E-state index contributed by atoms with van der Waals surface area (Å²) in [6.07, 6.45) is 4.95. The number of hydrogen-bond donors (Lipinski definition) is 2. The summed E-state index contributed by atoms with van der Waals surface area (Å²) in [5.41, 5.74) is 7.44. The fraction of sp³-hybridized carbons (Fsp3) is 0.0769. The Hall–Kier alpha value is -2.67. The summed E-state index contributed by atoms with van der Waals surface area (Å²) in [7, 11) is 0. The second kappa shape index (κ2) is 5.37. The number of nitrogens with two attached hydrogens (primary N) is 1. The van der Waals surface area contributed by atoms with Crippen LogP contribution in [0.1, 0.15) is 5.56 Å². The van der Waals surface area contributed by atoms with E-state index in [0.717, 1.165) is 11.3 Å². The van der Waals surface area contributed by atoms with E-state index in [0.29, 0.717) is 16.9 Å². The van der Waals surface area contributed by atoms with E-state index in [2.05, 4.69) is 25.3 Å². The molecule has 0 bridgehead atoms. The lowest BCUT2D eigenvalue weighted by Gasteiger charge is -2.10. The van der Waals surface area contributed by atoms with Crippen molar-refractivity contribution in [2.75, 3.05) is 11.1 Å². The fourth-order valence-corrected chi connectivity index (χ4v) is 1.97. The molecule has 0 amide bonds. The summed E-state index contributed by atoms with van der Waals surface area (Å²) in [6, 6.07) is 5.55. The Morgan fingerprint density at radius 2 is 2.10 bits per heavy atom. The number of nitrogen functional groups attached to an aromatic ring is 1. The molecule has 0 saturated heterocycles. The van der Waals surface area contributed by atoms with Crippen molar-refractivity contribution in [3.8, 4) is 5.95 Å². The van der Waals surface area contributed by atoms with E-state index in [1.54, 1.807) is 23.3 Å². The molecule has 106 valence electrons. The molecule has 8 heteroatoms. The molecule has 0 aliphatic heterocycles. The van der Waals surface area contributed by atoms with Gasteiger partial charge in [-0.2, -0.15) is 15.0 Å². The minimum absolute atomic E-state index is 0.121. The number of anilines is 3. The van der Waals surface area contributed by atoms with Gasteiger partial charge in [-0.3, -0.25) is 4.57 Å². The first-order valence-corrected chi connectivity index (χ1v) is 6.53. The highest BCUT2D eigenvalue weighted by molar-refractivity contribution is 6.31. The first-order valence-electron chi connectivity index (χ1n) is 6.15. The molecule has 0 fully saturated rings.